The SMILES string of the molecule is COCOC1(c2ncc(C3=CCC(C)(S(=O)(=O)n4c(-c5ccc(N)c(C)c5)cc5cccnc54)C=C3Cl)s2)CCC1. The molecule has 2 N–H and O–H groups in total. The summed E-state index contributed by atoms with van der Waals surface area (Å²) in [5, 5.41) is 1.98. The minimum atomic E-state index is -4.04. The number of nitrogens with two attached hydrogens (primary N) is 1. The summed E-state index contributed by atoms with van der Waals surface area (Å²) in [5.41, 5.74) is 9.54. The molecule has 3 aromatic heterocycles. The van der Waals surface area contributed by atoms with Crippen molar-refractivity contribution in [3.8, 4) is 11.3 Å². The normalized spacial score (nSPS) is 20.5. The molecule has 8 nitrogen and oxygen atoms in total. The van der Waals surface area contributed by atoms with Crippen molar-refractivity contribution in [3.63, 3.8) is 0 Å². The molecule has 0 spiro atoms. The number of allylic oxidation sites excluding steroid dienone is 3. The molecule has 1 unspecified atom stereocenters. The largest absolute Gasteiger partial charge is 0.399 e. The number of methoxy groups -OCH3 is 1. The molecule has 4 aromatic rings. The van der Waals surface area contributed by atoms with Crippen molar-refractivity contribution in [1.29, 1.82) is 0 Å². The topological polar surface area (TPSA) is 109 Å². The number of halogens is 1. The van der Waals surface area contributed by atoms with Gasteiger partial charge in [0.25, 0.3) is 0 Å². The van der Waals surface area contributed by atoms with E-state index in [9.17, 15) is 8.42 Å². The number of hydrogen-bond acceptors (Lipinski definition) is 8. The second-order valence-corrected chi connectivity index (χ2v) is 14.5. The Morgan fingerprint density at radius 2 is 2.00 bits per heavy atom. The van der Waals surface area contributed by atoms with Crippen LogP contribution in [0.25, 0.3) is 27.9 Å². The van der Waals surface area contributed by atoms with Crippen LogP contribution in [-0.4, -0.2) is 41.0 Å². The molecule has 0 amide bonds. The Kier molecular flexibility index (Phi) is 7.10. The van der Waals surface area contributed by atoms with Crippen molar-refractivity contribution >= 4 is 55.3 Å². The van der Waals surface area contributed by atoms with E-state index >= 15 is 0 Å². The number of anilines is 1. The van der Waals surface area contributed by atoms with Crippen molar-refractivity contribution in [1.82, 2.24) is 13.9 Å². The maximum absolute atomic E-state index is 14.5. The molecule has 1 fully saturated rings. The predicted octanol–water partition coefficient (Wildman–Crippen LogP) is 6.60. The third-order valence-corrected chi connectivity index (χ3v) is 11.9. The number of fused-ring (bicyclic) bond motifs is 1. The molecule has 2 aliphatic rings. The number of pyridine rings is 1. The van der Waals surface area contributed by atoms with Gasteiger partial charge in [0, 0.05) is 41.2 Å². The van der Waals surface area contributed by atoms with Gasteiger partial charge in [-0.05, 0) is 87.1 Å². The lowest BCUT2D eigenvalue weighted by molar-refractivity contribution is -0.171. The van der Waals surface area contributed by atoms with Gasteiger partial charge in [0.05, 0.1) is 10.6 Å². The lowest BCUT2D eigenvalue weighted by Gasteiger charge is -2.39. The zero-order valence-electron chi connectivity index (χ0n) is 23.1. The van der Waals surface area contributed by atoms with Crippen molar-refractivity contribution in [3.05, 3.63) is 81.4 Å². The van der Waals surface area contributed by atoms with Gasteiger partial charge >= 0.3 is 0 Å². The van der Waals surface area contributed by atoms with Crippen LogP contribution >= 0.6 is 22.9 Å². The van der Waals surface area contributed by atoms with Crippen LogP contribution in [0, 0.1) is 6.92 Å². The molecule has 41 heavy (non-hydrogen) atoms. The third-order valence-electron chi connectivity index (χ3n) is 8.09. The third kappa shape index (κ3) is 4.62. The van der Waals surface area contributed by atoms with E-state index in [2.05, 4.69) is 9.97 Å². The molecule has 2 aliphatic carbocycles. The van der Waals surface area contributed by atoms with E-state index in [0.717, 1.165) is 51.2 Å². The Hall–Kier alpha value is -3.02. The van der Waals surface area contributed by atoms with Gasteiger partial charge in [0.15, 0.2) is 5.65 Å². The number of nitrogen functional groups attached to an aromatic ring is 1. The highest BCUT2D eigenvalue weighted by Crippen LogP contribution is 2.48. The van der Waals surface area contributed by atoms with Gasteiger partial charge in [-0.1, -0.05) is 23.7 Å². The number of hydrogen-bond donors (Lipinski definition) is 1. The van der Waals surface area contributed by atoms with Crippen LogP contribution in [0.1, 0.15) is 48.1 Å². The van der Waals surface area contributed by atoms with Crippen LogP contribution in [0.4, 0.5) is 5.69 Å². The van der Waals surface area contributed by atoms with Crippen molar-refractivity contribution in [2.24, 2.45) is 0 Å². The summed E-state index contributed by atoms with van der Waals surface area (Å²) in [6.45, 7) is 3.80. The van der Waals surface area contributed by atoms with Crippen LogP contribution in [0.2, 0.25) is 0 Å². The fraction of sp³-hybridized carbons (Fsp3) is 0.333. The molecule has 0 aliphatic heterocycles. The average molecular weight is 611 g/mol. The number of aryl methyl sites for hydroxylation is 1. The van der Waals surface area contributed by atoms with Gasteiger partial charge in [0.2, 0.25) is 10.0 Å². The minimum absolute atomic E-state index is 0.204. The van der Waals surface area contributed by atoms with Crippen molar-refractivity contribution < 1.29 is 17.9 Å². The highest BCUT2D eigenvalue weighted by molar-refractivity contribution is 7.91. The van der Waals surface area contributed by atoms with Gasteiger partial charge in [-0.2, -0.15) is 0 Å². The molecule has 0 saturated heterocycles. The summed E-state index contributed by atoms with van der Waals surface area (Å²) in [5.74, 6) is 0. The number of rotatable bonds is 8. The van der Waals surface area contributed by atoms with E-state index in [1.165, 1.54) is 15.3 Å². The fourth-order valence-corrected chi connectivity index (χ4v) is 8.89. The molecular weight excluding hydrogens is 580 g/mol. The van der Waals surface area contributed by atoms with Crippen LogP contribution in [0.5, 0.6) is 0 Å². The lowest BCUT2D eigenvalue weighted by atomic mass is 9.80. The van der Waals surface area contributed by atoms with E-state index in [4.69, 9.17) is 26.8 Å². The highest BCUT2D eigenvalue weighted by atomic mass is 35.5. The van der Waals surface area contributed by atoms with Crippen LogP contribution in [0.3, 0.4) is 0 Å². The van der Waals surface area contributed by atoms with E-state index < -0.39 is 20.4 Å². The van der Waals surface area contributed by atoms with Crippen LogP contribution < -0.4 is 5.73 Å². The number of aromatic nitrogens is 3. The van der Waals surface area contributed by atoms with Crippen molar-refractivity contribution in [2.75, 3.05) is 19.6 Å². The molecular formula is C30H31ClN4O4S2. The van der Waals surface area contributed by atoms with Crippen LogP contribution in [0.15, 0.2) is 66.0 Å². The Balaban J connectivity index is 1.38. The molecule has 1 saturated carbocycles. The molecule has 3 heterocycles. The molecule has 0 bridgehead atoms. The second-order valence-electron chi connectivity index (χ2n) is 10.8. The fourth-order valence-electron chi connectivity index (χ4n) is 5.40. The average Bonchev–Trinajstić information content (AvgIpc) is 3.56. The minimum Gasteiger partial charge on any atom is -0.399 e. The number of nitrogens with zero attached hydrogens (tertiary/aromatic N) is 3. The Bertz CT molecular complexity index is 1820. The van der Waals surface area contributed by atoms with E-state index in [-0.39, 0.29) is 13.2 Å². The van der Waals surface area contributed by atoms with Crippen LogP contribution in [-0.2, 0) is 25.1 Å². The summed E-state index contributed by atoms with van der Waals surface area (Å²) in [4.78, 5) is 10.0. The Labute approximate surface area is 248 Å². The number of thiazole rings is 1. The molecule has 11 heteroatoms. The van der Waals surface area contributed by atoms with Gasteiger partial charge in [0.1, 0.15) is 22.1 Å². The van der Waals surface area contributed by atoms with E-state index in [0.29, 0.717) is 22.1 Å². The summed E-state index contributed by atoms with van der Waals surface area (Å²) in [6, 6.07) is 11.0. The molecule has 6 rings (SSSR count). The standard InChI is InChI=1S/C30H31ClN4O4S2/c1-19-14-20(7-8-24(19)32)25-15-21-6-4-13-33-27(21)35(25)41(36,37)29(2)12-9-22(23(31)16-29)26-17-34-28(40-26)30(10-5-11-30)39-18-38-3/h4,6-9,13-17H,5,10-12,18,32H2,1-3H3. The number of benzene rings is 1. The van der Waals surface area contributed by atoms with Gasteiger partial charge < -0.3 is 15.2 Å². The first-order valence-corrected chi connectivity index (χ1v) is 16.0. The van der Waals surface area contributed by atoms with E-state index in [1.807, 2.05) is 37.3 Å². The predicted molar refractivity (Wildman–Crippen MR) is 164 cm³/mol. The summed E-state index contributed by atoms with van der Waals surface area (Å²) in [7, 11) is -2.43. The summed E-state index contributed by atoms with van der Waals surface area (Å²) in [6.07, 6.45) is 10.0. The molecule has 1 atom stereocenters. The summed E-state index contributed by atoms with van der Waals surface area (Å²) >= 11 is 8.38. The summed E-state index contributed by atoms with van der Waals surface area (Å²) < 4.78 is 40.2. The first-order chi connectivity index (χ1) is 19.6. The molecule has 214 valence electrons. The van der Waals surface area contributed by atoms with E-state index in [1.54, 1.807) is 44.6 Å². The maximum Gasteiger partial charge on any atom is 0.250 e. The van der Waals surface area contributed by atoms with Gasteiger partial charge in [-0.25, -0.2) is 22.4 Å². The first-order valence-electron chi connectivity index (χ1n) is 13.4. The first kappa shape index (κ1) is 28.1. The Morgan fingerprint density at radius 1 is 1.20 bits per heavy atom. The quantitative estimate of drug-likeness (QED) is 0.177. The molecule has 1 aromatic carbocycles. The monoisotopic (exact) mass is 610 g/mol. The van der Waals surface area contributed by atoms with Gasteiger partial charge in [-0.15, -0.1) is 11.3 Å². The second kappa shape index (κ2) is 10.4. The highest BCUT2D eigenvalue weighted by Gasteiger charge is 2.45. The lowest BCUT2D eigenvalue weighted by Crippen LogP contribution is -2.39. The maximum atomic E-state index is 14.5. The van der Waals surface area contributed by atoms with Crippen molar-refractivity contribution in [2.45, 2.75) is 49.9 Å². The molecule has 0 radical (unpaired) electrons. The Morgan fingerprint density at radius 3 is 2.68 bits per heavy atom. The smallest absolute Gasteiger partial charge is 0.250 e. The number of ether oxygens (including phenoxy) is 2. The van der Waals surface area contributed by atoms with Gasteiger partial charge in [-0.3, -0.25) is 0 Å². The zero-order chi connectivity index (χ0) is 29.0. The zero-order valence-corrected chi connectivity index (χ0v) is 25.4.